The van der Waals surface area contributed by atoms with Crippen molar-refractivity contribution in [3.63, 3.8) is 0 Å². The van der Waals surface area contributed by atoms with E-state index >= 15 is 0 Å². The maximum absolute atomic E-state index is 14.3. The van der Waals surface area contributed by atoms with E-state index in [-0.39, 0.29) is 40.7 Å². The molecule has 0 saturated carbocycles. The van der Waals surface area contributed by atoms with Gasteiger partial charge in [-0.05, 0) is 19.4 Å². The van der Waals surface area contributed by atoms with Gasteiger partial charge in [0, 0.05) is 32.8 Å². The number of alkyl carbamates (subject to hydrolysis) is 1. The van der Waals surface area contributed by atoms with E-state index in [0.717, 1.165) is 31.8 Å². The third-order valence-electron chi connectivity index (χ3n) is 12.6. The van der Waals surface area contributed by atoms with E-state index in [1.54, 1.807) is 32.1 Å². The Bertz CT molecular complexity index is 2140. The Balaban J connectivity index is 1.35. The van der Waals surface area contributed by atoms with Crippen molar-refractivity contribution in [2.75, 3.05) is 34.0 Å². The van der Waals surface area contributed by atoms with E-state index in [4.69, 9.17) is 14.2 Å². The summed E-state index contributed by atoms with van der Waals surface area (Å²) in [6.07, 6.45) is 9.33. The van der Waals surface area contributed by atoms with Crippen LogP contribution in [0.5, 0.6) is 0 Å². The number of carbonyl (C=O) groups excluding carboxylic acids is 4. The number of carbonyl (C=O) groups is 4. The van der Waals surface area contributed by atoms with Gasteiger partial charge in [0.15, 0.2) is 6.10 Å². The molecule has 5 rings (SSSR count). The second-order valence-corrected chi connectivity index (χ2v) is 21.3. The first-order valence-electron chi connectivity index (χ1n) is 22.8. The number of fused-ring (bicyclic) bond motifs is 2. The molecule has 0 aromatic heterocycles. The molecule has 6 atom stereocenters. The van der Waals surface area contributed by atoms with Crippen LogP contribution in [0.3, 0.4) is 0 Å². The Morgan fingerprint density at radius 3 is 1.97 bits per heavy atom. The summed E-state index contributed by atoms with van der Waals surface area (Å²) in [6, 6.07) is 32.7. The Morgan fingerprint density at radius 1 is 0.831 bits per heavy atom. The molecule has 4 N–H and O–H groups in total. The van der Waals surface area contributed by atoms with Crippen LogP contribution in [0, 0.1) is 11.8 Å². The van der Waals surface area contributed by atoms with E-state index < -0.39 is 55.4 Å². The van der Waals surface area contributed by atoms with Crippen LogP contribution < -0.4 is 31.9 Å². The summed E-state index contributed by atoms with van der Waals surface area (Å²) in [6.45, 7) is 7.68. The topological polar surface area (TPSA) is 152 Å². The number of unbranched alkanes of at least 4 members (excludes halogenated alkanes) is 3. The molecule has 3 aromatic carbocycles. The van der Waals surface area contributed by atoms with Crippen molar-refractivity contribution in [2.24, 2.45) is 11.8 Å². The van der Waals surface area contributed by atoms with E-state index in [9.17, 15) is 24.3 Å². The number of hydrogen-bond acceptors (Lipinski definition) is 9. The zero-order valence-electron chi connectivity index (χ0n) is 39.0. The molecule has 1 aliphatic heterocycles. The van der Waals surface area contributed by atoms with E-state index in [0.29, 0.717) is 18.5 Å². The first-order chi connectivity index (χ1) is 31.3. The van der Waals surface area contributed by atoms with Gasteiger partial charge >= 0.3 is 239 Å². The van der Waals surface area contributed by atoms with Crippen LogP contribution in [0.25, 0.3) is 0 Å². The van der Waals surface area contributed by atoms with Gasteiger partial charge in [-0.1, -0.05) is 31.2 Å². The molecule has 2 bridgehead atoms. The summed E-state index contributed by atoms with van der Waals surface area (Å²) in [5, 5.41) is 24.3. The first-order valence-corrected chi connectivity index (χ1v) is 25.0. The number of ketones is 2. The average Bonchev–Trinajstić information content (AvgIpc) is 3.32. The van der Waals surface area contributed by atoms with Crippen LogP contribution in [0.1, 0.15) is 66.2 Å². The van der Waals surface area contributed by atoms with Gasteiger partial charge < -0.3 is 24.6 Å². The Morgan fingerprint density at radius 2 is 1.42 bits per heavy atom. The molecule has 348 valence electrons. The number of hydrogen-bond donors (Lipinski definition) is 4. The van der Waals surface area contributed by atoms with E-state index in [2.05, 4.69) is 107 Å². The molecule has 2 amide bonds. The fourth-order valence-electron chi connectivity index (χ4n) is 9.01. The second-order valence-electron chi connectivity index (χ2n) is 17.2. The molecule has 11 nitrogen and oxygen atoms in total. The molecule has 0 unspecified atom stereocenters. The number of aliphatic hydroxyl groups excluding tert-OH is 1. The van der Waals surface area contributed by atoms with Crippen molar-refractivity contribution >= 4 is 46.7 Å². The number of methoxy groups -OCH3 is 2. The molecule has 0 saturated heterocycles. The predicted molar refractivity (Wildman–Crippen MR) is 262 cm³/mol. The van der Waals surface area contributed by atoms with Crippen LogP contribution in [-0.4, -0.2) is 87.1 Å². The molecular weight excluding hydrogens is 838 g/mol. The summed E-state index contributed by atoms with van der Waals surface area (Å²) >= 11 is 0. The van der Waals surface area contributed by atoms with Crippen molar-refractivity contribution < 1.29 is 38.5 Å². The molecule has 2 aliphatic rings. The molecule has 1 heterocycles. The molecule has 12 heteroatoms. The number of ether oxygens (including phenoxy) is 3. The van der Waals surface area contributed by atoms with Crippen molar-refractivity contribution in [1.29, 1.82) is 0 Å². The number of allylic oxidation sites excluding steroid dienone is 4. The minimum absolute atomic E-state index is 0.101. The number of amides is 2. The normalized spacial score (nSPS) is 25.0. The molecule has 0 spiro atoms. The van der Waals surface area contributed by atoms with Crippen molar-refractivity contribution in [3.05, 3.63) is 149 Å². The number of nitrogens with one attached hydrogen (secondary N) is 3. The van der Waals surface area contributed by atoms with Gasteiger partial charge in [-0.2, -0.15) is 0 Å². The van der Waals surface area contributed by atoms with Gasteiger partial charge in [-0.15, -0.1) is 0 Å². The minimum atomic E-state index is -2.34. The third kappa shape index (κ3) is 13.1. The number of Topliss-reactive ketones (excluding diaryl/α,β-unsaturated/α-hetero) is 1. The second kappa shape index (κ2) is 24.7. The van der Waals surface area contributed by atoms with Gasteiger partial charge in [0.05, 0.1) is 12.2 Å². The summed E-state index contributed by atoms with van der Waals surface area (Å²) in [5.74, 6) is -2.03. The average molecular weight is 906 g/mol. The van der Waals surface area contributed by atoms with Gasteiger partial charge in [0.1, 0.15) is 6.10 Å². The van der Waals surface area contributed by atoms with Crippen LogP contribution in [-0.2, 0) is 28.6 Å². The molecule has 65 heavy (non-hydrogen) atoms. The van der Waals surface area contributed by atoms with E-state index in [1.807, 2.05) is 19.9 Å². The van der Waals surface area contributed by atoms with Gasteiger partial charge in [-0.25, -0.2) is 4.79 Å². The van der Waals surface area contributed by atoms with Gasteiger partial charge in [0.2, 0.25) is 0 Å². The monoisotopic (exact) mass is 905 g/mol. The Kier molecular flexibility index (Phi) is 19.2. The van der Waals surface area contributed by atoms with Crippen molar-refractivity contribution in [3.8, 4) is 0 Å². The van der Waals surface area contributed by atoms with Crippen molar-refractivity contribution in [1.82, 2.24) is 16.0 Å². The molecule has 1 aliphatic carbocycles. The van der Waals surface area contributed by atoms with Gasteiger partial charge in [-0.3, -0.25) is 4.79 Å². The van der Waals surface area contributed by atoms with Crippen LogP contribution in [0.4, 0.5) is 4.79 Å². The number of aliphatic hydroxyl groups is 1. The predicted octanol–water partition coefficient (Wildman–Crippen LogP) is 6.90. The first kappa shape index (κ1) is 50.5. The quantitative estimate of drug-likeness (QED) is 0.0587. The summed E-state index contributed by atoms with van der Waals surface area (Å²) in [7, 11) is 2.13. The summed E-state index contributed by atoms with van der Waals surface area (Å²) in [4.78, 5) is 54.0. The summed E-state index contributed by atoms with van der Waals surface area (Å²) < 4.78 is 17.3. The molecule has 3 aromatic rings. The maximum atomic E-state index is 14.3. The fourth-order valence-corrected chi connectivity index (χ4v) is 13.9. The fraction of sp³-hybridized carbons (Fsp3) is 0.396. The van der Waals surface area contributed by atoms with Crippen LogP contribution in [0.2, 0.25) is 0 Å². The zero-order valence-corrected chi connectivity index (χ0v) is 40.0. The number of benzene rings is 3. The van der Waals surface area contributed by atoms with Crippen LogP contribution >= 0.6 is 7.26 Å². The molecule has 0 radical (unpaired) electrons. The Labute approximate surface area is 385 Å². The molecular formula is C53H68N3O8P. The van der Waals surface area contributed by atoms with Crippen molar-refractivity contribution in [2.45, 2.75) is 90.6 Å². The Hall–Kier alpha value is -5.45. The zero-order chi connectivity index (χ0) is 46.9. The summed E-state index contributed by atoms with van der Waals surface area (Å²) in [5.41, 5.74) is 1.33. The standard InChI is InChI=1S/C53H68N3O8P/c1-36-32-43-48(55-30-19-8-9-20-31-65(40-23-13-10-14-24-40,41-25-15-11-16-26-41)42-27-17-12-18-28-42)45(57)35-44(50(43)59)56-52(60)37(2)22-21-29-46(62-6)51(64-53(61)54-5)39(4)34-38(3)49(58)47(33-36)63-7/h10-18,21-29,34-36,38,46-47,49,51,55,58,65H,8-9,19-20,30-33H2,1-7H3,(H,54,61)(H,56,60)/b29-21-,37-22+,39-34+/t36-,38+,46+,47+,49-,51+/m1/s1. The number of rotatable bonds is 14. The SMILES string of the molecule is CNC(=O)O[C@H]1/C(C)=C/[C@H](C)[C@@H](O)[C@@H](OC)C[C@H](C)CC2=C(NCCCCCC[PH](c3ccccc3)(c3ccccc3)c3ccccc3)C(=O)C=C(NC(=O)/C(C)=C/C=C\[C@@H]1OC)C2=O. The van der Waals surface area contributed by atoms with Gasteiger partial charge in [0.25, 0.3) is 5.91 Å². The molecule has 0 fully saturated rings. The van der Waals surface area contributed by atoms with E-state index in [1.165, 1.54) is 43.3 Å². The third-order valence-corrected chi connectivity index (χ3v) is 17.6. The van der Waals surface area contributed by atoms with Crippen LogP contribution in [0.15, 0.2) is 149 Å².